The maximum atomic E-state index is 12.1. The minimum absolute atomic E-state index is 0.200. The van der Waals surface area contributed by atoms with E-state index < -0.39 is 0 Å². The van der Waals surface area contributed by atoms with Crippen molar-refractivity contribution in [1.29, 1.82) is 0 Å². The van der Waals surface area contributed by atoms with Crippen molar-refractivity contribution in [1.82, 2.24) is 0 Å². The van der Waals surface area contributed by atoms with Crippen molar-refractivity contribution >= 4 is 5.97 Å². The molecule has 2 heteroatoms. The van der Waals surface area contributed by atoms with Gasteiger partial charge >= 0.3 is 5.97 Å². The molecule has 0 saturated heterocycles. The minimum atomic E-state index is -0.207. The molecule has 2 aliphatic rings. The molecular weight excluding hydrogens is 272 g/mol. The summed E-state index contributed by atoms with van der Waals surface area (Å²) in [7, 11) is 1.47. The fourth-order valence-corrected chi connectivity index (χ4v) is 5.29. The van der Waals surface area contributed by atoms with Gasteiger partial charge in [0.25, 0.3) is 0 Å². The van der Waals surface area contributed by atoms with Gasteiger partial charge in [-0.1, -0.05) is 33.3 Å². The lowest BCUT2D eigenvalue weighted by molar-refractivity contribution is 0.0405. The molecule has 1 fully saturated rings. The van der Waals surface area contributed by atoms with Crippen molar-refractivity contribution in [2.24, 2.45) is 11.3 Å². The molecule has 0 aliphatic heterocycles. The average Bonchev–Trinajstić information content (AvgIpc) is 2.45. The Bertz CT molecular complexity index is 614. The van der Waals surface area contributed by atoms with Gasteiger partial charge in [0.2, 0.25) is 0 Å². The fourth-order valence-electron chi connectivity index (χ4n) is 5.29. The van der Waals surface area contributed by atoms with Gasteiger partial charge in [-0.15, -0.1) is 0 Å². The smallest absolute Gasteiger partial charge is 0.338 e. The van der Waals surface area contributed by atoms with E-state index in [4.69, 9.17) is 4.74 Å². The molecule has 2 nitrogen and oxygen atoms in total. The highest BCUT2D eigenvalue weighted by atomic mass is 16.5. The van der Waals surface area contributed by atoms with Crippen LogP contribution in [0.25, 0.3) is 0 Å². The average molecular weight is 300 g/mol. The molecule has 0 unspecified atom stereocenters. The zero-order chi connectivity index (χ0) is 16.1. The summed E-state index contributed by atoms with van der Waals surface area (Å²) in [6, 6.07) is 4.37. The molecule has 3 rings (SSSR count). The monoisotopic (exact) mass is 300 g/mol. The summed E-state index contributed by atoms with van der Waals surface area (Å²) in [6.45, 7) is 9.30. The predicted molar refractivity (Wildman–Crippen MR) is 89.3 cm³/mol. The second kappa shape index (κ2) is 5.11. The largest absolute Gasteiger partial charge is 0.465 e. The Morgan fingerprint density at radius 3 is 2.64 bits per heavy atom. The summed E-state index contributed by atoms with van der Waals surface area (Å²) in [5.41, 5.74) is 5.23. The van der Waals surface area contributed by atoms with Crippen molar-refractivity contribution in [3.63, 3.8) is 0 Å². The molecule has 0 aromatic heterocycles. The third kappa shape index (κ3) is 2.19. The lowest BCUT2D eigenvalue weighted by atomic mass is 9.50. The number of hydrogen-bond acceptors (Lipinski definition) is 2. The second-order valence-corrected chi connectivity index (χ2v) is 8.17. The molecule has 1 aromatic carbocycles. The molecule has 0 bridgehead atoms. The van der Waals surface area contributed by atoms with Crippen LogP contribution >= 0.6 is 0 Å². The van der Waals surface area contributed by atoms with Crippen LogP contribution in [0, 0.1) is 18.3 Å². The van der Waals surface area contributed by atoms with Crippen LogP contribution < -0.4 is 0 Å². The molecular formula is C20H28O2. The summed E-state index contributed by atoms with van der Waals surface area (Å²) in [5, 5.41) is 0. The fraction of sp³-hybridized carbons (Fsp3) is 0.650. The molecule has 2 atom stereocenters. The second-order valence-electron chi connectivity index (χ2n) is 8.17. The molecule has 22 heavy (non-hydrogen) atoms. The molecule has 0 spiro atoms. The van der Waals surface area contributed by atoms with Gasteiger partial charge in [-0.3, -0.25) is 0 Å². The zero-order valence-corrected chi connectivity index (χ0v) is 14.6. The summed E-state index contributed by atoms with van der Waals surface area (Å²) in [5.74, 6) is 0.496. The first-order valence-electron chi connectivity index (χ1n) is 8.52. The van der Waals surface area contributed by atoms with Gasteiger partial charge in [0, 0.05) is 0 Å². The summed E-state index contributed by atoms with van der Waals surface area (Å²) in [6.07, 6.45) is 6.24. The first-order valence-corrected chi connectivity index (χ1v) is 8.52. The van der Waals surface area contributed by atoms with Gasteiger partial charge < -0.3 is 4.74 Å². The highest BCUT2D eigenvalue weighted by Crippen LogP contribution is 2.57. The third-order valence-corrected chi connectivity index (χ3v) is 6.40. The number of esters is 1. The lowest BCUT2D eigenvalue weighted by Gasteiger charge is -2.54. The summed E-state index contributed by atoms with van der Waals surface area (Å²) >= 11 is 0. The number of carbonyl (C=O) groups excluding carboxylic acids is 1. The molecule has 120 valence electrons. The van der Waals surface area contributed by atoms with Gasteiger partial charge in [-0.05, 0) is 72.1 Å². The van der Waals surface area contributed by atoms with Gasteiger partial charge in [0.1, 0.15) is 0 Å². The van der Waals surface area contributed by atoms with Crippen LogP contribution in [0.1, 0.15) is 73.5 Å². The zero-order valence-electron chi connectivity index (χ0n) is 14.6. The normalized spacial score (nSPS) is 29.4. The Hall–Kier alpha value is -1.31. The first kappa shape index (κ1) is 15.6. The number of rotatable bonds is 1. The molecule has 0 heterocycles. The van der Waals surface area contributed by atoms with E-state index in [9.17, 15) is 4.79 Å². The molecule has 2 aliphatic carbocycles. The van der Waals surface area contributed by atoms with E-state index in [0.29, 0.717) is 11.3 Å². The Balaban J connectivity index is 2.14. The molecule has 1 saturated carbocycles. The van der Waals surface area contributed by atoms with Crippen LogP contribution in [0.3, 0.4) is 0 Å². The van der Waals surface area contributed by atoms with Crippen LogP contribution in [0.4, 0.5) is 0 Å². The summed E-state index contributed by atoms with van der Waals surface area (Å²) < 4.78 is 4.98. The SMILES string of the molecule is COC(=O)c1cc2c(cc1C)CC[C@H]1C(C)(C)CCC[C@]21C. The van der Waals surface area contributed by atoms with E-state index in [0.717, 1.165) is 17.5 Å². The molecule has 0 radical (unpaired) electrons. The van der Waals surface area contributed by atoms with Gasteiger partial charge in [-0.2, -0.15) is 0 Å². The Labute approximate surface area is 134 Å². The van der Waals surface area contributed by atoms with Crippen molar-refractivity contribution < 1.29 is 9.53 Å². The van der Waals surface area contributed by atoms with Crippen LogP contribution in [-0.2, 0) is 16.6 Å². The third-order valence-electron chi connectivity index (χ3n) is 6.40. The number of carbonyl (C=O) groups is 1. The number of ether oxygens (including phenoxy) is 1. The van der Waals surface area contributed by atoms with Crippen LogP contribution in [0.5, 0.6) is 0 Å². The van der Waals surface area contributed by atoms with E-state index in [1.54, 1.807) is 0 Å². The number of aryl methyl sites for hydroxylation is 2. The van der Waals surface area contributed by atoms with Crippen molar-refractivity contribution in [2.75, 3.05) is 7.11 Å². The van der Waals surface area contributed by atoms with E-state index in [-0.39, 0.29) is 11.4 Å². The Morgan fingerprint density at radius 1 is 1.23 bits per heavy atom. The molecule has 0 N–H and O–H groups in total. The number of benzene rings is 1. The van der Waals surface area contributed by atoms with Gasteiger partial charge in [-0.25, -0.2) is 4.79 Å². The topological polar surface area (TPSA) is 26.3 Å². The highest BCUT2D eigenvalue weighted by Gasteiger charge is 2.49. The highest BCUT2D eigenvalue weighted by molar-refractivity contribution is 5.91. The molecule has 0 amide bonds. The predicted octanol–water partition coefficient (Wildman–Crippen LogP) is 4.81. The van der Waals surface area contributed by atoms with E-state index in [1.165, 1.54) is 43.9 Å². The van der Waals surface area contributed by atoms with Gasteiger partial charge in [0.15, 0.2) is 0 Å². The number of fused-ring (bicyclic) bond motifs is 3. The Kier molecular flexibility index (Phi) is 3.62. The van der Waals surface area contributed by atoms with Crippen molar-refractivity contribution in [3.8, 4) is 0 Å². The van der Waals surface area contributed by atoms with Crippen LogP contribution in [-0.4, -0.2) is 13.1 Å². The van der Waals surface area contributed by atoms with E-state index >= 15 is 0 Å². The standard InChI is InChI=1S/C20H28O2/c1-13-11-14-7-8-17-19(2,3)9-6-10-20(17,4)16(14)12-15(13)18(21)22-5/h11-12,17H,6-10H2,1-5H3/t17-,20+/m0/s1. The minimum Gasteiger partial charge on any atom is -0.465 e. The molecule has 1 aromatic rings. The quantitative estimate of drug-likeness (QED) is 0.696. The van der Waals surface area contributed by atoms with Gasteiger partial charge in [0.05, 0.1) is 12.7 Å². The maximum Gasteiger partial charge on any atom is 0.338 e. The first-order chi connectivity index (χ1) is 10.3. The van der Waals surface area contributed by atoms with Crippen LogP contribution in [0.2, 0.25) is 0 Å². The van der Waals surface area contributed by atoms with Crippen molar-refractivity contribution in [2.45, 2.75) is 65.2 Å². The van der Waals surface area contributed by atoms with Crippen molar-refractivity contribution in [3.05, 3.63) is 34.4 Å². The number of hydrogen-bond donors (Lipinski definition) is 0. The maximum absolute atomic E-state index is 12.1. The summed E-state index contributed by atoms with van der Waals surface area (Å²) in [4.78, 5) is 12.1. The lowest BCUT2D eigenvalue weighted by Crippen LogP contribution is -2.48. The van der Waals surface area contributed by atoms with Crippen LogP contribution in [0.15, 0.2) is 12.1 Å². The van der Waals surface area contributed by atoms with E-state index in [2.05, 4.69) is 32.9 Å². The number of methoxy groups -OCH3 is 1. The van der Waals surface area contributed by atoms with E-state index in [1.807, 2.05) is 6.92 Å². The Morgan fingerprint density at radius 2 is 1.95 bits per heavy atom.